The highest BCUT2D eigenvalue weighted by Gasteiger charge is 2.32. The van der Waals surface area contributed by atoms with Crippen LogP contribution < -0.4 is 16.4 Å². The minimum Gasteiger partial charge on any atom is -0.469 e. The third-order valence-electron chi connectivity index (χ3n) is 8.96. The third-order valence-corrected chi connectivity index (χ3v) is 8.96. The zero-order chi connectivity index (χ0) is 33.4. The Balaban J connectivity index is 2.21. The molecule has 0 bridgehead atoms. The molecule has 45 heavy (non-hydrogen) atoms. The SMILES string of the molecule is CCC1C(=O)N=C(/C=c2\[nH]/c(=C\c3[nH]c(C#C[C@H](C)[C@@H](CC)C(N)=O)c(C)c3CCC(=O)OC)c(CCC(=O)OC)c2C)C1C. The summed E-state index contributed by atoms with van der Waals surface area (Å²) >= 11 is 0. The fraction of sp³-hybridized carbons (Fsp3) is 0.514. The molecule has 1 aliphatic rings. The van der Waals surface area contributed by atoms with E-state index in [4.69, 9.17) is 15.2 Å². The Morgan fingerprint density at radius 1 is 0.978 bits per heavy atom. The summed E-state index contributed by atoms with van der Waals surface area (Å²) in [5.74, 6) is 4.53. The molecule has 2 amide bonds. The summed E-state index contributed by atoms with van der Waals surface area (Å²) in [4.78, 5) is 59.8. The minimum absolute atomic E-state index is 0.00229. The summed E-state index contributed by atoms with van der Waals surface area (Å²) in [6.45, 7) is 11.7. The Kier molecular flexibility index (Phi) is 12.1. The summed E-state index contributed by atoms with van der Waals surface area (Å²) in [6.07, 6.45) is 6.42. The maximum Gasteiger partial charge on any atom is 0.305 e. The predicted octanol–water partition coefficient (Wildman–Crippen LogP) is 2.92. The molecule has 0 aromatic carbocycles. The van der Waals surface area contributed by atoms with Gasteiger partial charge in [-0.2, -0.15) is 0 Å². The second-order valence-electron chi connectivity index (χ2n) is 11.7. The van der Waals surface area contributed by atoms with E-state index in [1.54, 1.807) is 0 Å². The highest BCUT2D eigenvalue weighted by molar-refractivity contribution is 6.20. The number of H-pyrrole nitrogens is 2. The van der Waals surface area contributed by atoms with Gasteiger partial charge in [-0.3, -0.25) is 19.2 Å². The standard InChI is InChI=1S/C35H46N4O6/c1-9-23(34(36)42)19(3)11-14-27-21(5)25(12-15-32(40)44-7)30(37-27)18-31-26(13-16-33(41)45-8)22(6)28(38-31)17-29-20(4)24(10-2)35(43)39-29/h17-20,23-24,37-38H,9-10,12-13,15-16H2,1-8H3,(H2,36,42)/b28-17-,31-18-/t19-,20?,23+,24?/m0/s1. The van der Waals surface area contributed by atoms with Gasteiger partial charge in [0.05, 0.1) is 25.8 Å². The number of carbonyl (C=O) groups excluding carboxylic acids is 4. The smallest absolute Gasteiger partial charge is 0.305 e. The molecule has 0 fully saturated rings. The zero-order valence-corrected chi connectivity index (χ0v) is 27.7. The van der Waals surface area contributed by atoms with Crippen molar-refractivity contribution in [1.82, 2.24) is 9.97 Å². The summed E-state index contributed by atoms with van der Waals surface area (Å²) < 4.78 is 9.80. The quantitative estimate of drug-likeness (QED) is 0.245. The van der Waals surface area contributed by atoms with Crippen molar-refractivity contribution >= 4 is 41.6 Å². The molecule has 1 aliphatic heterocycles. The van der Waals surface area contributed by atoms with Gasteiger partial charge < -0.3 is 25.2 Å². The topological polar surface area (TPSA) is 157 Å². The van der Waals surface area contributed by atoms with Crippen LogP contribution in [0.25, 0.3) is 12.2 Å². The average Bonchev–Trinajstić information content (AvgIpc) is 3.57. The van der Waals surface area contributed by atoms with Crippen LogP contribution in [0.5, 0.6) is 0 Å². The number of primary amides is 1. The first-order chi connectivity index (χ1) is 21.4. The summed E-state index contributed by atoms with van der Waals surface area (Å²) in [7, 11) is 2.73. The van der Waals surface area contributed by atoms with E-state index >= 15 is 0 Å². The third kappa shape index (κ3) is 8.21. The molecule has 2 aromatic heterocycles. The van der Waals surface area contributed by atoms with Crippen molar-refractivity contribution in [3.05, 3.63) is 44.3 Å². The molecule has 4 atom stereocenters. The number of ether oxygens (including phenoxy) is 2. The number of esters is 2. The Bertz CT molecular complexity index is 1670. The second-order valence-corrected chi connectivity index (χ2v) is 11.7. The highest BCUT2D eigenvalue weighted by Crippen LogP contribution is 2.26. The van der Waals surface area contributed by atoms with Crippen LogP contribution in [0.1, 0.15) is 87.0 Å². The van der Waals surface area contributed by atoms with Gasteiger partial charge in [-0.25, -0.2) is 4.99 Å². The van der Waals surface area contributed by atoms with Gasteiger partial charge in [0.1, 0.15) is 0 Å². The molecule has 242 valence electrons. The van der Waals surface area contributed by atoms with Gasteiger partial charge >= 0.3 is 11.9 Å². The van der Waals surface area contributed by atoms with Crippen LogP contribution in [0.2, 0.25) is 0 Å². The molecule has 10 heteroatoms. The lowest BCUT2D eigenvalue weighted by Gasteiger charge is -2.13. The first-order valence-corrected chi connectivity index (χ1v) is 15.6. The zero-order valence-electron chi connectivity index (χ0n) is 27.7. The number of aromatic amines is 2. The summed E-state index contributed by atoms with van der Waals surface area (Å²) in [6, 6.07) is 0. The Hall–Kier alpha value is -4.39. The molecule has 0 spiro atoms. The summed E-state index contributed by atoms with van der Waals surface area (Å²) in [5.41, 5.74) is 11.4. The largest absolute Gasteiger partial charge is 0.469 e. The lowest BCUT2D eigenvalue weighted by atomic mass is 9.90. The molecule has 0 radical (unpaired) electrons. The number of nitrogens with zero attached hydrogens (tertiary/aromatic N) is 1. The van der Waals surface area contributed by atoms with E-state index in [0.29, 0.717) is 25.0 Å². The number of methoxy groups -OCH3 is 2. The van der Waals surface area contributed by atoms with E-state index in [-0.39, 0.29) is 60.3 Å². The second kappa shape index (κ2) is 15.6. The van der Waals surface area contributed by atoms with Crippen LogP contribution in [-0.2, 0) is 41.5 Å². The van der Waals surface area contributed by atoms with Crippen LogP contribution in [0.3, 0.4) is 0 Å². The van der Waals surface area contributed by atoms with Crippen molar-refractivity contribution in [1.29, 1.82) is 0 Å². The molecule has 0 aliphatic carbocycles. The monoisotopic (exact) mass is 618 g/mol. The van der Waals surface area contributed by atoms with Gasteiger partial charge in [-0.05, 0) is 79.9 Å². The Morgan fingerprint density at radius 3 is 2.13 bits per heavy atom. The van der Waals surface area contributed by atoms with E-state index in [0.717, 1.165) is 50.8 Å². The van der Waals surface area contributed by atoms with Crippen molar-refractivity contribution < 1.29 is 28.7 Å². The molecule has 0 saturated carbocycles. The fourth-order valence-electron chi connectivity index (χ4n) is 5.96. The number of hydrogen-bond acceptors (Lipinski definition) is 6. The van der Waals surface area contributed by atoms with Crippen LogP contribution in [0.4, 0.5) is 0 Å². The van der Waals surface area contributed by atoms with Crippen molar-refractivity contribution in [2.75, 3.05) is 14.2 Å². The van der Waals surface area contributed by atoms with Crippen molar-refractivity contribution in [2.24, 2.45) is 34.4 Å². The fourth-order valence-corrected chi connectivity index (χ4v) is 5.96. The molecular weight excluding hydrogens is 572 g/mol. The van der Waals surface area contributed by atoms with Gasteiger partial charge in [0.25, 0.3) is 0 Å². The Morgan fingerprint density at radius 2 is 1.60 bits per heavy atom. The van der Waals surface area contributed by atoms with Gasteiger partial charge in [0.15, 0.2) is 0 Å². The molecule has 4 N–H and O–H groups in total. The average molecular weight is 619 g/mol. The van der Waals surface area contributed by atoms with E-state index in [1.165, 1.54) is 14.2 Å². The number of amides is 2. The maximum atomic E-state index is 12.5. The molecule has 10 nitrogen and oxygen atoms in total. The predicted molar refractivity (Wildman–Crippen MR) is 173 cm³/mol. The number of aromatic nitrogens is 2. The molecule has 2 aromatic rings. The highest BCUT2D eigenvalue weighted by atomic mass is 16.5. The van der Waals surface area contributed by atoms with Crippen molar-refractivity contribution in [3.8, 4) is 11.8 Å². The number of aliphatic imine (C=N–C) groups is 1. The van der Waals surface area contributed by atoms with Crippen molar-refractivity contribution in [2.45, 2.75) is 80.1 Å². The number of nitrogens with two attached hydrogens (primary N) is 1. The van der Waals surface area contributed by atoms with Gasteiger partial charge in [0, 0.05) is 52.7 Å². The van der Waals surface area contributed by atoms with E-state index in [2.05, 4.69) is 26.8 Å². The number of nitrogens with one attached hydrogen (secondary N) is 2. The van der Waals surface area contributed by atoms with Crippen LogP contribution in [0.15, 0.2) is 4.99 Å². The lowest BCUT2D eigenvalue weighted by Crippen LogP contribution is -2.27. The molecule has 0 saturated heterocycles. The van der Waals surface area contributed by atoms with Gasteiger partial charge in [-0.1, -0.05) is 33.6 Å². The van der Waals surface area contributed by atoms with Gasteiger partial charge in [0.2, 0.25) is 11.8 Å². The van der Waals surface area contributed by atoms with E-state index in [9.17, 15) is 19.2 Å². The normalized spacial score (nSPS) is 18.3. The van der Waals surface area contributed by atoms with Gasteiger partial charge in [-0.15, -0.1) is 0 Å². The molecule has 2 unspecified atom stereocenters. The van der Waals surface area contributed by atoms with Crippen LogP contribution in [-0.4, -0.2) is 53.7 Å². The van der Waals surface area contributed by atoms with Crippen molar-refractivity contribution in [3.63, 3.8) is 0 Å². The van der Waals surface area contributed by atoms with E-state index in [1.807, 2.05) is 53.7 Å². The number of carbonyl (C=O) groups is 4. The minimum atomic E-state index is -0.378. The number of rotatable bonds is 12. The molecule has 3 heterocycles. The first-order valence-electron chi connectivity index (χ1n) is 15.6. The molecule has 3 rings (SSSR count). The first kappa shape index (κ1) is 35.1. The lowest BCUT2D eigenvalue weighted by molar-refractivity contribution is -0.141. The molecular formula is C35H46N4O6. The number of hydrogen-bond donors (Lipinski definition) is 3. The summed E-state index contributed by atoms with van der Waals surface area (Å²) in [5, 5.41) is 1.59. The van der Waals surface area contributed by atoms with E-state index < -0.39 is 0 Å². The van der Waals surface area contributed by atoms with Crippen LogP contribution >= 0.6 is 0 Å². The Labute approximate surface area is 264 Å². The maximum absolute atomic E-state index is 12.5. The van der Waals surface area contributed by atoms with Crippen LogP contribution in [0, 0.1) is 49.4 Å².